The molecule has 2 aliphatic rings. The third-order valence-electron chi connectivity index (χ3n) is 5.68. The lowest BCUT2D eigenvalue weighted by Gasteiger charge is -2.39. The molecule has 3 atom stereocenters. The lowest BCUT2D eigenvalue weighted by Crippen LogP contribution is -2.46. The van der Waals surface area contributed by atoms with E-state index in [1.165, 1.54) is 12.8 Å². The van der Waals surface area contributed by atoms with Gasteiger partial charge in [0.25, 0.3) is 5.91 Å². The second-order valence-corrected chi connectivity index (χ2v) is 7.20. The molecule has 1 aromatic rings. The molecule has 0 aromatic carbocycles. The van der Waals surface area contributed by atoms with Crippen molar-refractivity contribution in [1.29, 1.82) is 0 Å². The van der Waals surface area contributed by atoms with Crippen molar-refractivity contribution >= 4 is 17.4 Å². The van der Waals surface area contributed by atoms with Crippen LogP contribution in [0.3, 0.4) is 0 Å². The van der Waals surface area contributed by atoms with Crippen molar-refractivity contribution in [2.75, 3.05) is 0 Å². The molecule has 4 nitrogen and oxygen atoms in total. The van der Waals surface area contributed by atoms with Crippen molar-refractivity contribution in [2.45, 2.75) is 46.1 Å². The van der Waals surface area contributed by atoms with Crippen LogP contribution < -0.4 is 5.32 Å². The summed E-state index contributed by atoms with van der Waals surface area (Å²) < 4.78 is 3.74. The van der Waals surface area contributed by atoms with Crippen LogP contribution in [0, 0.1) is 16.7 Å². The maximum absolute atomic E-state index is 12.1. The highest BCUT2D eigenvalue weighted by atomic mass is 32.1. The zero-order valence-corrected chi connectivity index (χ0v) is 11.9. The molecule has 1 amide bonds. The van der Waals surface area contributed by atoms with Crippen molar-refractivity contribution in [3.63, 3.8) is 0 Å². The van der Waals surface area contributed by atoms with Crippen LogP contribution in [0.2, 0.25) is 0 Å². The number of aromatic nitrogens is 2. The molecule has 0 radical (unpaired) electrons. The number of carbonyl (C=O) groups excluding carboxylic acids is 1. The van der Waals surface area contributed by atoms with E-state index in [1.54, 1.807) is 6.20 Å². The van der Waals surface area contributed by atoms with E-state index >= 15 is 0 Å². The Balaban J connectivity index is 1.78. The van der Waals surface area contributed by atoms with Crippen LogP contribution in [0.15, 0.2) is 6.20 Å². The van der Waals surface area contributed by atoms with Crippen molar-refractivity contribution < 1.29 is 4.79 Å². The fourth-order valence-electron chi connectivity index (χ4n) is 3.92. The molecule has 0 saturated heterocycles. The zero-order chi connectivity index (χ0) is 13.0. The van der Waals surface area contributed by atoms with Gasteiger partial charge < -0.3 is 5.32 Å². The number of carbonyl (C=O) groups is 1. The molecule has 2 aliphatic carbocycles. The average Bonchev–Trinajstić information content (AvgIpc) is 2.95. The molecular weight excluding hydrogens is 246 g/mol. The number of fused-ring (bicyclic) bond motifs is 2. The lowest BCUT2D eigenvalue weighted by atomic mass is 9.69. The molecule has 1 aromatic heterocycles. The molecule has 2 saturated carbocycles. The Bertz CT molecular complexity index is 471. The van der Waals surface area contributed by atoms with Crippen molar-refractivity contribution in [3.8, 4) is 0 Å². The Morgan fingerprint density at radius 2 is 2.28 bits per heavy atom. The van der Waals surface area contributed by atoms with Gasteiger partial charge in [0, 0.05) is 6.04 Å². The predicted octanol–water partition coefficient (Wildman–Crippen LogP) is 2.48. The molecule has 1 N–H and O–H groups in total. The van der Waals surface area contributed by atoms with Gasteiger partial charge >= 0.3 is 0 Å². The van der Waals surface area contributed by atoms with Gasteiger partial charge in [0.15, 0.2) is 0 Å². The minimum atomic E-state index is -0.0143. The number of nitrogens with one attached hydrogen (secondary N) is 1. The summed E-state index contributed by atoms with van der Waals surface area (Å²) in [5, 5.41) is 6.92. The number of hydrogen-bond donors (Lipinski definition) is 1. The summed E-state index contributed by atoms with van der Waals surface area (Å²) in [5.74, 6) is 0.729. The summed E-state index contributed by atoms with van der Waals surface area (Å²) >= 11 is 1.16. The van der Waals surface area contributed by atoms with Crippen LogP contribution in [-0.4, -0.2) is 21.5 Å². The van der Waals surface area contributed by atoms with Crippen LogP contribution in [-0.2, 0) is 0 Å². The first-order valence-electron chi connectivity index (χ1n) is 6.53. The van der Waals surface area contributed by atoms with Crippen molar-refractivity contribution in [1.82, 2.24) is 14.9 Å². The summed E-state index contributed by atoms with van der Waals surface area (Å²) in [6.07, 6.45) is 5.18. The van der Waals surface area contributed by atoms with Crippen molar-refractivity contribution in [2.24, 2.45) is 16.7 Å². The molecular formula is C13H19N3OS. The number of rotatable bonds is 2. The summed E-state index contributed by atoms with van der Waals surface area (Å²) in [7, 11) is 0. The van der Waals surface area contributed by atoms with Gasteiger partial charge in [0.2, 0.25) is 0 Å². The molecule has 3 unspecified atom stereocenters. The number of amides is 1. The summed E-state index contributed by atoms with van der Waals surface area (Å²) in [6, 6.07) is 0.292. The van der Waals surface area contributed by atoms with Crippen LogP contribution in [0.5, 0.6) is 0 Å². The first-order valence-corrected chi connectivity index (χ1v) is 7.31. The van der Waals surface area contributed by atoms with E-state index in [2.05, 4.69) is 35.7 Å². The Morgan fingerprint density at radius 1 is 1.50 bits per heavy atom. The van der Waals surface area contributed by atoms with Gasteiger partial charge in [-0.1, -0.05) is 25.3 Å². The van der Waals surface area contributed by atoms with E-state index in [1.807, 2.05) is 0 Å². The van der Waals surface area contributed by atoms with E-state index in [-0.39, 0.29) is 11.3 Å². The van der Waals surface area contributed by atoms with Crippen LogP contribution in [0.25, 0.3) is 0 Å². The Kier molecular flexibility index (Phi) is 2.52. The van der Waals surface area contributed by atoms with Gasteiger partial charge in [-0.25, -0.2) is 0 Å². The Hall–Kier alpha value is -0.970. The van der Waals surface area contributed by atoms with Gasteiger partial charge in [0.05, 0.1) is 6.20 Å². The monoisotopic (exact) mass is 265 g/mol. The third-order valence-corrected chi connectivity index (χ3v) is 6.35. The van der Waals surface area contributed by atoms with Crippen LogP contribution in [0.1, 0.15) is 49.7 Å². The first-order chi connectivity index (χ1) is 8.45. The first kappa shape index (κ1) is 12.1. The second-order valence-electron chi connectivity index (χ2n) is 6.42. The largest absolute Gasteiger partial charge is 0.348 e. The molecule has 1 heterocycles. The van der Waals surface area contributed by atoms with Gasteiger partial charge in [-0.15, -0.1) is 5.10 Å². The van der Waals surface area contributed by atoms with E-state index in [9.17, 15) is 4.79 Å². The molecule has 2 fully saturated rings. The smallest absolute Gasteiger partial charge is 0.264 e. The molecule has 0 spiro atoms. The van der Waals surface area contributed by atoms with E-state index in [4.69, 9.17) is 0 Å². The molecule has 5 heteroatoms. The normalized spacial score (nSPS) is 36.8. The number of hydrogen-bond acceptors (Lipinski definition) is 4. The van der Waals surface area contributed by atoms with Gasteiger partial charge in [-0.2, -0.15) is 0 Å². The zero-order valence-electron chi connectivity index (χ0n) is 11.1. The molecule has 3 rings (SSSR count). The van der Waals surface area contributed by atoms with Crippen LogP contribution in [0.4, 0.5) is 0 Å². The number of nitrogens with zero attached hydrogens (tertiary/aromatic N) is 2. The Labute approximate surface area is 111 Å². The minimum absolute atomic E-state index is 0.0143. The van der Waals surface area contributed by atoms with Gasteiger partial charge in [-0.3, -0.25) is 4.79 Å². The van der Waals surface area contributed by atoms with E-state index in [0.29, 0.717) is 16.3 Å². The van der Waals surface area contributed by atoms with Crippen molar-refractivity contribution in [3.05, 3.63) is 11.1 Å². The topological polar surface area (TPSA) is 54.9 Å². The SMILES string of the molecule is CC1(C)C2CCC1(C)C(NC(=O)c1cnns1)C2. The second kappa shape index (κ2) is 3.76. The van der Waals surface area contributed by atoms with E-state index < -0.39 is 0 Å². The van der Waals surface area contributed by atoms with E-state index in [0.717, 1.165) is 23.9 Å². The standard InChI is InChI=1S/C13H19N3OS/c1-12(2)8-4-5-13(12,3)10(6-8)15-11(17)9-7-14-16-18-9/h7-8,10H,4-6H2,1-3H3,(H,15,17). The van der Waals surface area contributed by atoms with Gasteiger partial charge in [-0.05, 0) is 47.5 Å². The summed E-state index contributed by atoms with van der Waals surface area (Å²) in [4.78, 5) is 12.7. The predicted molar refractivity (Wildman–Crippen MR) is 70.4 cm³/mol. The average molecular weight is 265 g/mol. The highest BCUT2D eigenvalue weighted by Crippen LogP contribution is 2.65. The quantitative estimate of drug-likeness (QED) is 0.893. The molecule has 18 heavy (non-hydrogen) atoms. The fraction of sp³-hybridized carbons (Fsp3) is 0.769. The summed E-state index contributed by atoms with van der Waals surface area (Å²) in [6.45, 7) is 7.03. The van der Waals surface area contributed by atoms with Gasteiger partial charge in [0.1, 0.15) is 4.88 Å². The molecule has 0 aliphatic heterocycles. The van der Waals surface area contributed by atoms with Crippen LogP contribution >= 0.6 is 11.5 Å². The summed E-state index contributed by atoms with van der Waals surface area (Å²) in [5.41, 5.74) is 0.558. The highest BCUT2D eigenvalue weighted by molar-refractivity contribution is 7.07. The third kappa shape index (κ3) is 1.46. The fourth-order valence-corrected chi connectivity index (χ4v) is 4.34. The Morgan fingerprint density at radius 3 is 2.78 bits per heavy atom. The molecule has 2 bridgehead atoms. The lowest BCUT2D eigenvalue weighted by molar-refractivity contribution is 0.0829. The minimum Gasteiger partial charge on any atom is -0.348 e. The maximum atomic E-state index is 12.1. The molecule has 98 valence electrons. The highest BCUT2D eigenvalue weighted by Gasteiger charge is 2.61. The maximum Gasteiger partial charge on any atom is 0.264 e.